The summed E-state index contributed by atoms with van der Waals surface area (Å²) in [6.45, 7) is 0. The zero-order valence-corrected chi connectivity index (χ0v) is 20.4. The number of carboxylic acids is 1. The van der Waals surface area contributed by atoms with E-state index in [2.05, 4.69) is 4.98 Å². The fourth-order valence-corrected chi connectivity index (χ4v) is 4.11. The first kappa shape index (κ1) is 24.7. The zero-order valence-electron chi connectivity index (χ0n) is 19.6. The minimum atomic E-state index is -1.55. The fourth-order valence-electron chi connectivity index (χ4n) is 3.92. The standard InChI is InChI=1S/C26H22ClN3O6/c1-29(2)17-7-8-18-19(12-22(32)36-21(18)11-17)24(26(34)35)30(3)25(33)23-20(31)10-15(13-28-23)14-5-4-6-16(27)9-14/h4-13,24,31H,1-3H3,(H,34,35). The largest absolute Gasteiger partial charge is 0.505 e. The van der Waals surface area contributed by atoms with Crippen molar-refractivity contribution < 1.29 is 24.2 Å². The molecule has 0 radical (unpaired) electrons. The number of likely N-dealkylation sites (N-methyl/N-ethyl adjacent to an activating group) is 1. The predicted octanol–water partition coefficient (Wildman–Crippen LogP) is 4.18. The Kier molecular flexibility index (Phi) is 6.67. The van der Waals surface area contributed by atoms with Crippen LogP contribution in [-0.4, -0.2) is 53.1 Å². The Bertz CT molecular complexity index is 1550. The fraction of sp³-hybridized carbons (Fsp3) is 0.154. The average molecular weight is 508 g/mol. The van der Waals surface area contributed by atoms with Crippen LogP contribution in [0.3, 0.4) is 0 Å². The number of anilines is 1. The summed E-state index contributed by atoms with van der Waals surface area (Å²) in [5.41, 5.74) is 1.11. The molecule has 0 fully saturated rings. The van der Waals surface area contributed by atoms with Crippen molar-refractivity contribution >= 4 is 40.1 Å². The van der Waals surface area contributed by atoms with Gasteiger partial charge in [0.25, 0.3) is 5.91 Å². The number of carboxylic acid groups (broad SMARTS) is 1. The summed E-state index contributed by atoms with van der Waals surface area (Å²) in [6.07, 6.45) is 1.39. The summed E-state index contributed by atoms with van der Waals surface area (Å²) in [4.78, 5) is 44.7. The zero-order chi connectivity index (χ0) is 26.1. The van der Waals surface area contributed by atoms with Crippen molar-refractivity contribution in [3.63, 3.8) is 0 Å². The highest BCUT2D eigenvalue weighted by Crippen LogP contribution is 2.32. The number of aromatic nitrogens is 1. The second kappa shape index (κ2) is 9.71. The summed E-state index contributed by atoms with van der Waals surface area (Å²) in [5, 5.41) is 21.5. The maximum absolute atomic E-state index is 13.3. The van der Waals surface area contributed by atoms with Crippen molar-refractivity contribution in [1.82, 2.24) is 9.88 Å². The third-order valence-electron chi connectivity index (χ3n) is 5.74. The number of benzene rings is 2. The number of hydrogen-bond acceptors (Lipinski definition) is 7. The van der Waals surface area contributed by atoms with Gasteiger partial charge >= 0.3 is 11.6 Å². The quantitative estimate of drug-likeness (QED) is 0.372. The van der Waals surface area contributed by atoms with Crippen LogP contribution >= 0.6 is 11.6 Å². The number of aromatic hydroxyl groups is 1. The van der Waals surface area contributed by atoms with E-state index in [1.165, 1.54) is 19.3 Å². The van der Waals surface area contributed by atoms with Gasteiger partial charge in [-0.05, 0) is 35.9 Å². The first-order valence-corrected chi connectivity index (χ1v) is 11.1. The number of carbonyl (C=O) groups is 2. The number of pyridine rings is 1. The van der Waals surface area contributed by atoms with E-state index in [4.69, 9.17) is 16.0 Å². The molecule has 0 aliphatic heterocycles. The van der Waals surface area contributed by atoms with Crippen LogP contribution in [0.25, 0.3) is 22.1 Å². The minimum Gasteiger partial charge on any atom is -0.505 e. The number of amides is 1. The Hall–Kier alpha value is -4.37. The van der Waals surface area contributed by atoms with E-state index >= 15 is 0 Å². The van der Waals surface area contributed by atoms with Crippen molar-refractivity contribution in [2.45, 2.75) is 6.04 Å². The van der Waals surface area contributed by atoms with Gasteiger partial charge in [-0.2, -0.15) is 0 Å². The molecule has 2 N–H and O–H groups in total. The van der Waals surface area contributed by atoms with Gasteiger partial charge in [0.1, 0.15) is 11.3 Å². The predicted molar refractivity (Wildman–Crippen MR) is 136 cm³/mol. The highest BCUT2D eigenvalue weighted by atomic mass is 35.5. The van der Waals surface area contributed by atoms with Crippen LogP contribution in [0.1, 0.15) is 22.1 Å². The van der Waals surface area contributed by atoms with E-state index in [0.717, 1.165) is 16.7 Å². The molecule has 0 aliphatic carbocycles. The van der Waals surface area contributed by atoms with Crippen LogP contribution in [0.2, 0.25) is 5.02 Å². The maximum Gasteiger partial charge on any atom is 0.336 e. The van der Waals surface area contributed by atoms with E-state index in [0.29, 0.717) is 21.5 Å². The number of fused-ring (bicyclic) bond motifs is 1. The second-order valence-electron chi connectivity index (χ2n) is 8.35. The number of hydrogen-bond donors (Lipinski definition) is 2. The Labute approximate surface area is 210 Å². The summed E-state index contributed by atoms with van der Waals surface area (Å²) in [6, 6.07) is 12.7. The molecule has 2 aromatic heterocycles. The molecular weight excluding hydrogens is 486 g/mol. The summed E-state index contributed by atoms with van der Waals surface area (Å²) >= 11 is 6.03. The topological polar surface area (TPSA) is 124 Å². The van der Waals surface area contributed by atoms with Gasteiger partial charge < -0.3 is 24.4 Å². The molecule has 0 spiro atoms. The molecule has 36 heavy (non-hydrogen) atoms. The third-order valence-corrected chi connectivity index (χ3v) is 5.98. The summed E-state index contributed by atoms with van der Waals surface area (Å²) < 4.78 is 5.29. The summed E-state index contributed by atoms with van der Waals surface area (Å²) in [7, 11) is 4.89. The van der Waals surface area contributed by atoms with Gasteiger partial charge in [-0.25, -0.2) is 14.6 Å². The molecule has 9 nitrogen and oxygen atoms in total. The molecule has 10 heteroatoms. The molecule has 2 heterocycles. The molecular formula is C26H22ClN3O6. The number of halogens is 1. The minimum absolute atomic E-state index is 0.0740. The average Bonchev–Trinajstić information content (AvgIpc) is 2.82. The van der Waals surface area contributed by atoms with E-state index in [-0.39, 0.29) is 16.8 Å². The Balaban J connectivity index is 1.75. The Morgan fingerprint density at radius 1 is 1.03 bits per heavy atom. The Morgan fingerprint density at radius 2 is 1.78 bits per heavy atom. The molecule has 184 valence electrons. The van der Waals surface area contributed by atoms with E-state index in [1.54, 1.807) is 47.4 Å². The first-order chi connectivity index (χ1) is 17.1. The molecule has 0 saturated carbocycles. The van der Waals surface area contributed by atoms with Crippen LogP contribution < -0.4 is 10.5 Å². The Morgan fingerprint density at radius 3 is 2.42 bits per heavy atom. The van der Waals surface area contributed by atoms with E-state index < -0.39 is 29.3 Å². The molecule has 1 unspecified atom stereocenters. The van der Waals surface area contributed by atoms with Crippen molar-refractivity contribution in [1.29, 1.82) is 0 Å². The van der Waals surface area contributed by atoms with Crippen molar-refractivity contribution in [2.24, 2.45) is 0 Å². The molecule has 0 bridgehead atoms. The molecule has 4 aromatic rings. The van der Waals surface area contributed by atoms with Crippen molar-refractivity contribution in [2.75, 3.05) is 26.0 Å². The lowest BCUT2D eigenvalue weighted by Crippen LogP contribution is -2.37. The van der Waals surface area contributed by atoms with E-state index in [9.17, 15) is 24.6 Å². The van der Waals surface area contributed by atoms with Gasteiger partial charge in [-0.1, -0.05) is 23.7 Å². The number of aliphatic carboxylic acids is 1. The number of nitrogens with zero attached hydrogens (tertiary/aromatic N) is 3. The van der Waals surface area contributed by atoms with Crippen molar-refractivity contribution in [3.05, 3.63) is 87.5 Å². The van der Waals surface area contributed by atoms with Crippen LogP contribution in [-0.2, 0) is 4.79 Å². The lowest BCUT2D eigenvalue weighted by Gasteiger charge is -2.26. The van der Waals surface area contributed by atoms with Gasteiger partial charge in [-0.3, -0.25) is 4.79 Å². The van der Waals surface area contributed by atoms with Gasteiger partial charge in [-0.15, -0.1) is 0 Å². The first-order valence-electron chi connectivity index (χ1n) is 10.8. The lowest BCUT2D eigenvalue weighted by atomic mass is 10.0. The van der Waals surface area contributed by atoms with Gasteiger partial charge in [0.15, 0.2) is 11.7 Å². The molecule has 1 amide bonds. The molecule has 0 saturated heterocycles. The number of rotatable bonds is 6. The highest BCUT2D eigenvalue weighted by molar-refractivity contribution is 6.30. The van der Waals surface area contributed by atoms with E-state index in [1.807, 2.05) is 14.1 Å². The van der Waals surface area contributed by atoms with Crippen molar-refractivity contribution in [3.8, 4) is 16.9 Å². The molecule has 4 rings (SSSR count). The highest BCUT2D eigenvalue weighted by Gasteiger charge is 2.33. The smallest absolute Gasteiger partial charge is 0.336 e. The van der Waals surface area contributed by atoms with Gasteiger partial charge in [0, 0.05) is 66.7 Å². The van der Waals surface area contributed by atoms with Crippen LogP contribution in [0, 0.1) is 0 Å². The number of carbonyl (C=O) groups excluding carboxylic acids is 1. The second-order valence-corrected chi connectivity index (χ2v) is 8.79. The normalized spacial score (nSPS) is 11.8. The van der Waals surface area contributed by atoms with Crippen LogP contribution in [0.5, 0.6) is 5.75 Å². The molecule has 0 aliphatic rings. The third kappa shape index (κ3) is 4.73. The van der Waals surface area contributed by atoms with Gasteiger partial charge in [0.05, 0.1) is 0 Å². The summed E-state index contributed by atoms with van der Waals surface area (Å²) in [5.74, 6) is -2.64. The maximum atomic E-state index is 13.3. The van der Waals surface area contributed by atoms with Gasteiger partial charge in [0.2, 0.25) is 0 Å². The van der Waals surface area contributed by atoms with Crippen LogP contribution in [0.15, 0.2) is 70.0 Å². The molecule has 2 aromatic carbocycles. The van der Waals surface area contributed by atoms with Crippen LogP contribution in [0.4, 0.5) is 5.69 Å². The SMILES string of the molecule is CN(C)c1ccc2c(C(C(=O)O)N(C)C(=O)c3ncc(-c4cccc(Cl)c4)cc3O)cc(=O)oc2c1. The molecule has 1 atom stereocenters. The monoisotopic (exact) mass is 507 g/mol. The lowest BCUT2D eigenvalue weighted by molar-refractivity contribution is -0.142.